The van der Waals surface area contributed by atoms with Gasteiger partial charge < -0.3 is 15.4 Å². The lowest BCUT2D eigenvalue weighted by atomic mass is 9.92. The number of hydrogen-bond acceptors (Lipinski definition) is 5. The highest BCUT2D eigenvalue weighted by atomic mass is 35.5. The number of carbonyl (C=O) groups excluding carboxylic acids is 1. The molecular formula is C25H29ClF3N3O2. The molecule has 0 saturated carbocycles. The van der Waals surface area contributed by atoms with E-state index < -0.39 is 11.7 Å². The maximum atomic E-state index is 13.7. The molecule has 2 aliphatic rings. The maximum Gasteiger partial charge on any atom is 0.418 e. The van der Waals surface area contributed by atoms with Gasteiger partial charge in [0.05, 0.1) is 10.6 Å². The average Bonchev–Trinajstić information content (AvgIpc) is 2.84. The van der Waals surface area contributed by atoms with Gasteiger partial charge in [-0.15, -0.1) is 0 Å². The van der Waals surface area contributed by atoms with Crippen LogP contribution >= 0.6 is 11.6 Å². The molecule has 2 aromatic rings. The lowest BCUT2D eigenvalue weighted by Gasteiger charge is -2.24. The fraction of sp³-hybridized carbons (Fsp3) is 0.520. The van der Waals surface area contributed by atoms with E-state index in [4.69, 9.17) is 16.3 Å². The largest absolute Gasteiger partial charge is 0.418 e. The molecular weight excluding hydrogens is 467 g/mol. The number of aromatic nitrogens is 1. The van der Waals surface area contributed by atoms with E-state index in [-0.39, 0.29) is 29.7 Å². The van der Waals surface area contributed by atoms with Crippen molar-refractivity contribution in [1.82, 2.24) is 10.3 Å². The predicted octanol–water partition coefficient (Wildman–Crippen LogP) is 5.37. The molecule has 2 aliphatic heterocycles. The third-order valence-corrected chi connectivity index (χ3v) is 6.88. The molecule has 0 aliphatic carbocycles. The smallest absolute Gasteiger partial charge is 0.384 e. The number of halogens is 4. The Kier molecular flexibility index (Phi) is 8.11. The zero-order valence-corrected chi connectivity index (χ0v) is 19.6. The second kappa shape index (κ2) is 11.1. The molecule has 184 valence electrons. The van der Waals surface area contributed by atoms with Crippen LogP contribution in [0.3, 0.4) is 0 Å². The van der Waals surface area contributed by atoms with E-state index in [0.717, 1.165) is 38.3 Å². The Morgan fingerprint density at radius 2 is 2.00 bits per heavy atom. The standard InChI is InChI=1S/C25H29ClF3N3O2/c26-22-15-31-19(12-24(33)18-2-1-7-30-14-18)11-20(22)17-3-4-21(25(27,28)29)23(10-17)32-13-16-5-8-34-9-6-16/h3-4,10-11,15-16,18,30,32H,1-2,5-9,12-14H2/t18-/m1/s1. The molecule has 4 rings (SSSR count). The summed E-state index contributed by atoms with van der Waals surface area (Å²) >= 11 is 6.38. The van der Waals surface area contributed by atoms with Gasteiger partial charge in [0, 0.05) is 61.8 Å². The fourth-order valence-electron chi connectivity index (χ4n) is 4.56. The molecule has 0 radical (unpaired) electrons. The van der Waals surface area contributed by atoms with Crippen LogP contribution < -0.4 is 10.6 Å². The zero-order chi connectivity index (χ0) is 24.1. The molecule has 2 N–H and O–H groups in total. The van der Waals surface area contributed by atoms with E-state index in [1.807, 2.05) is 0 Å². The number of alkyl halides is 3. The summed E-state index contributed by atoms with van der Waals surface area (Å²) in [5.74, 6) is 0.329. The number of ether oxygens (including phenoxy) is 1. The van der Waals surface area contributed by atoms with Crippen LogP contribution in [0.15, 0.2) is 30.5 Å². The highest BCUT2D eigenvalue weighted by Crippen LogP contribution is 2.39. The summed E-state index contributed by atoms with van der Waals surface area (Å²) in [6.45, 7) is 3.29. The molecule has 0 spiro atoms. The average molecular weight is 496 g/mol. The van der Waals surface area contributed by atoms with Crippen LogP contribution in [-0.4, -0.2) is 43.6 Å². The lowest BCUT2D eigenvalue weighted by molar-refractivity contribution is -0.137. The minimum Gasteiger partial charge on any atom is -0.384 e. The van der Waals surface area contributed by atoms with E-state index >= 15 is 0 Å². The van der Waals surface area contributed by atoms with Gasteiger partial charge in [-0.2, -0.15) is 13.2 Å². The third kappa shape index (κ3) is 6.29. The highest BCUT2D eigenvalue weighted by molar-refractivity contribution is 6.33. The van der Waals surface area contributed by atoms with Gasteiger partial charge in [0.2, 0.25) is 0 Å². The van der Waals surface area contributed by atoms with Crippen molar-refractivity contribution in [2.75, 3.05) is 38.2 Å². The Labute approximate surface area is 202 Å². The van der Waals surface area contributed by atoms with Gasteiger partial charge in [-0.3, -0.25) is 9.78 Å². The maximum absolute atomic E-state index is 13.7. The number of Topliss-reactive ketones (excluding diaryl/α,β-unsaturated/α-hetero) is 1. The molecule has 1 aromatic carbocycles. The Bertz CT molecular complexity index is 1000. The number of carbonyl (C=O) groups is 1. The van der Waals surface area contributed by atoms with E-state index in [2.05, 4.69) is 15.6 Å². The number of anilines is 1. The molecule has 1 aromatic heterocycles. The molecule has 0 bridgehead atoms. The van der Waals surface area contributed by atoms with Crippen LogP contribution in [0.2, 0.25) is 5.02 Å². The van der Waals surface area contributed by atoms with Crippen LogP contribution in [-0.2, 0) is 22.1 Å². The first kappa shape index (κ1) is 24.9. The van der Waals surface area contributed by atoms with Crippen molar-refractivity contribution >= 4 is 23.1 Å². The SMILES string of the molecule is O=C(Cc1cc(-c2ccc(C(F)(F)F)c(NCC3CCOCC3)c2)c(Cl)cn1)[C@@H]1CCCNC1. The van der Waals surface area contributed by atoms with Crippen molar-refractivity contribution in [2.24, 2.45) is 11.8 Å². The molecule has 2 saturated heterocycles. The molecule has 1 atom stereocenters. The third-order valence-electron chi connectivity index (χ3n) is 6.58. The summed E-state index contributed by atoms with van der Waals surface area (Å²) in [7, 11) is 0. The number of pyridine rings is 1. The van der Waals surface area contributed by atoms with Crippen LogP contribution in [0, 0.1) is 11.8 Å². The summed E-state index contributed by atoms with van der Waals surface area (Å²) in [5, 5.41) is 6.58. The summed E-state index contributed by atoms with van der Waals surface area (Å²) in [6, 6.07) is 5.69. The fourth-order valence-corrected chi connectivity index (χ4v) is 4.77. The van der Waals surface area contributed by atoms with E-state index in [0.29, 0.717) is 48.1 Å². The molecule has 2 fully saturated rings. The van der Waals surface area contributed by atoms with Crippen LogP contribution in [0.5, 0.6) is 0 Å². The summed E-state index contributed by atoms with van der Waals surface area (Å²) in [5.41, 5.74) is 0.975. The Morgan fingerprint density at radius 3 is 2.71 bits per heavy atom. The van der Waals surface area contributed by atoms with E-state index in [9.17, 15) is 18.0 Å². The first-order valence-corrected chi connectivity index (χ1v) is 12.1. The summed E-state index contributed by atoms with van der Waals surface area (Å²) in [4.78, 5) is 17.0. The van der Waals surface area contributed by atoms with Gasteiger partial charge in [0.15, 0.2) is 0 Å². The first-order valence-electron chi connectivity index (χ1n) is 11.7. The molecule has 3 heterocycles. The first-order chi connectivity index (χ1) is 16.3. The van der Waals surface area contributed by atoms with E-state index in [1.54, 1.807) is 6.07 Å². The van der Waals surface area contributed by atoms with Crippen LogP contribution in [0.1, 0.15) is 36.9 Å². The molecule has 0 amide bonds. The van der Waals surface area contributed by atoms with Gasteiger partial charge >= 0.3 is 6.18 Å². The van der Waals surface area contributed by atoms with Crippen molar-refractivity contribution in [3.63, 3.8) is 0 Å². The van der Waals surface area contributed by atoms with Gasteiger partial charge in [0.25, 0.3) is 0 Å². The minimum atomic E-state index is -4.48. The van der Waals surface area contributed by atoms with Crippen molar-refractivity contribution in [3.05, 3.63) is 46.7 Å². The van der Waals surface area contributed by atoms with Crippen LogP contribution in [0.25, 0.3) is 11.1 Å². The molecule has 9 heteroatoms. The molecule has 5 nitrogen and oxygen atoms in total. The Hall–Kier alpha value is -2.16. The van der Waals surface area contributed by atoms with Crippen molar-refractivity contribution in [3.8, 4) is 11.1 Å². The second-order valence-electron chi connectivity index (χ2n) is 9.04. The lowest BCUT2D eigenvalue weighted by Crippen LogP contribution is -2.35. The Morgan fingerprint density at radius 1 is 1.21 bits per heavy atom. The van der Waals surface area contributed by atoms with Gasteiger partial charge in [0.1, 0.15) is 5.78 Å². The number of nitrogens with one attached hydrogen (secondary N) is 2. The molecule has 34 heavy (non-hydrogen) atoms. The van der Waals surface area contributed by atoms with Crippen molar-refractivity contribution in [2.45, 2.75) is 38.3 Å². The second-order valence-corrected chi connectivity index (χ2v) is 9.44. The summed E-state index contributed by atoms with van der Waals surface area (Å²) in [6.07, 6.45) is 0.607. The number of benzene rings is 1. The number of rotatable bonds is 7. The number of hydrogen-bond donors (Lipinski definition) is 2. The monoisotopic (exact) mass is 495 g/mol. The predicted molar refractivity (Wildman–Crippen MR) is 126 cm³/mol. The molecule has 0 unspecified atom stereocenters. The topological polar surface area (TPSA) is 63.2 Å². The quantitative estimate of drug-likeness (QED) is 0.540. The number of nitrogens with zero attached hydrogens (tertiary/aromatic N) is 1. The zero-order valence-electron chi connectivity index (χ0n) is 18.9. The Balaban J connectivity index is 1.57. The van der Waals surface area contributed by atoms with Crippen molar-refractivity contribution < 1.29 is 22.7 Å². The highest BCUT2D eigenvalue weighted by Gasteiger charge is 2.34. The number of piperidine rings is 1. The minimum absolute atomic E-state index is 0.0234. The van der Waals surface area contributed by atoms with Crippen molar-refractivity contribution in [1.29, 1.82) is 0 Å². The number of ketones is 1. The van der Waals surface area contributed by atoms with Gasteiger partial charge in [-0.1, -0.05) is 17.7 Å². The summed E-state index contributed by atoms with van der Waals surface area (Å²) < 4.78 is 46.4. The van der Waals surface area contributed by atoms with Gasteiger partial charge in [-0.25, -0.2) is 0 Å². The van der Waals surface area contributed by atoms with E-state index in [1.165, 1.54) is 18.3 Å². The van der Waals surface area contributed by atoms with Gasteiger partial charge in [-0.05, 0) is 61.9 Å². The van der Waals surface area contributed by atoms with Crippen LogP contribution in [0.4, 0.5) is 18.9 Å². The normalized spacial score (nSPS) is 19.7.